The van der Waals surface area contributed by atoms with Crippen molar-refractivity contribution in [2.24, 2.45) is 0 Å². The van der Waals surface area contributed by atoms with Crippen LogP contribution in [-0.2, 0) is 0 Å². The number of rotatable bonds is 0. The molecule has 0 aromatic rings. The van der Waals surface area contributed by atoms with E-state index >= 15 is 0 Å². The summed E-state index contributed by atoms with van der Waals surface area (Å²) < 4.78 is 54.6. The molecule has 10 heavy (non-hydrogen) atoms. The first kappa shape index (κ1) is 16.7. The van der Waals surface area contributed by atoms with Crippen molar-refractivity contribution in [3.63, 3.8) is 0 Å². The van der Waals surface area contributed by atoms with Crippen LogP contribution in [0.5, 0.6) is 0 Å². The summed E-state index contributed by atoms with van der Waals surface area (Å²) in [5.74, 6) is -4.56. The Balaban J connectivity index is -0.000000245. The van der Waals surface area contributed by atoms with E-state index in [0.717, 1.165) is 0 Å². The van der Waals surface area contributed by atoms with Crippen molar-refractivity contribution >= 4 is 24.8 Å². The van der Waals surface area contributed by atoms with Gasteiger partial charge in [-0.15, -0.1) is 24.8 Å². The van der Waals surface area contributed by atoms with Gasteiger partial charge in [0.1, 0.15) is 0 Å². The normalized spacial score (nSPS) is 11.4. The molecule has 0 saturated heterocycles. The molecule has 7 heteroatoms. The summed E-state index contributed by atoms with van der Waals surface area (Å²) in [4.78, 5) is 0. The third kappa shape index (κ3) is 5.05. The average Bonchev–Trinajstić information content (AvgIpc) is 1.25. The molecule has 0 rings (SSSR count). The van der Waals surface area contributed by atoms with Crippen LogP contribution in [0.25, 0.3) is 0 Å². The third-order valence-electron chi connectivity index (χ3n) is 0.498. The monoisotopic (exact) mass is 206 g/mol. The van der Waals surface area contributed by atoms with Crippen LogP contribution < -0.4 is 0 Å². The predicted molar refractivity (Wildman–Crippen MR) is 31.2 cm³/mol. The summed E-state index contributed by atoms with van der Waals surface area (Å²) in [7, 11) is 0. The van der Waals surface area contributed by atoms with Crippen LogP contribution in [0.4, 0.5) is 22.0 Å². The van der Waals surface area contributed by atoms with E-state index in [2.05, 4.69) is 0 Å². The molecule has 0 heterocycles. The van der Waals surface area contributed by atoms with E-state index in [-0.39, 0.29) is 31.7 Å². The fourth-order valence-electron chi connectivity index (χ4n) is 0. The average molecular weight is 207 g/mol. The standard InChI is InChI=1S/C3H3F5.2ClH/c1-2(4,5)3(6,7)8;;/h1H3;2*1H. The lowest BCUT2D eigenvalue weighted by molar-refractivity contribution is -0.273. The summed E-state index contributed by atoms with van der Waals surface area (Å²) in [6.07, 6.45) is -5.40. The maximum absolute atomic E-state index is 11.1. The van der Waals surface area contributed by atoms with Crippen LogP contribution >= 0.6 is 24.8 Å². The zero-order chi connectivity index (χ0) is 7.00. The van der Waals surface area contributed by atoms with E-state index in [1.807, 2.05) is 0 Å². The minimum absolute atomic E-state index is 0. The minimum atomic E-state index is -5.40. The van der Waals surface area contributed by atoms with Gasteiger partial charge < -0.3 is 0 Å². The maximum atomic E-state index is 11.1. The van der Waals surface area contributed by atoms with Crippen LogP contribution in [0.3, 0.4) is 0 Å². The summed E-state index contributed by atoms with van der Waals surface area (Å²) in [5, 5.41) is 0. The van der Waals surface area contributed by atoms with E-state index < -0.39 is 12.1 Å². The van der Waals surface area contributed by atoms with Crippen molar-refractivity contribution in [3.8, 4) is 0 Å². The van der Waals surface area contributed by atoms with Crippen LogP contribution in [0.15, 0.2) is 0 Å². The van der Waals surface area contributed by atoms with Gasteiger partial charge in [0.2, 0.25) is 0 Å². The molecule has 0 unspecified atom stereocenters. The van der Waals surface area contributed by atoms with Gasteiger partial charge in [-0.3, -0.25) is 0 Å². The van der Waals surface area contributed by atoms with Crippen molar-refractivity contribution in [2.45, 2.75) is 19.0 Å². The molecule has 0 radical (unpaired) electrons. The van der Waals surface area contributed by atoms with E-state index in [1.165, 1.54) is 0 Å². The molecule has 0 aromatic heterocycles. The Kier molecular flexibility index (Phi) is 6.97. The second kappa shape index (κ2) is 4.18. The summed E-state index contributed by atoms with van der Waals surface area (Å²) in [5.41, 5.74) is 0. The lowest BCUT2D eigenvalue weighted by Gasteiger charge is -2.12. The largest absolute Gasteiger partial charge is 0.452 e. The summed E-state index contributed by atoms with van der Waals surface area (Å²) in [6.45, 7) is -0.188. The van der Waals surface area contributed by atoms with Crippen LogP contribution in [-0.4, -0.2) is 12.1 Å². The third-order valence-corrected chi connectivity index (χ3v) is 0.498. The Hall–Kier alpha value is 0.230. The summed E-state index contributed by atoms with van der Waals surface area (Å²) in [6, 6.07) is 0. The highest BCUT2D eigenvalue weighted by Gasteiger charge is 2.52. The molecule has 0 nitrogen and oxygen atoms in total. The molecule has 0 bridgehead atoms. The number of hydrogen-bond donors (Lipinski definition) is 0. The first-order chi connectivity index (χ1) is 3.25. The highest BCUT2D eigenvalue weighted by atomic mass is 35.5. The molecule has 0 aliphatic heterocycles. The zero-order valence-corrected chi connectivity index (χ0v) is 6.34. The molecule has 0 atom stereocenters. The molecule has 0 aliphatic carbocycles. The molecule has 0 spiro atoms. The topological polar surface area (TPSA) is 0 Å². The lowest BCUT2D eigenvalue weighted by atomic mass is 10.4. The molecule has 0 amide bonds. The zero-order valence-electron chi connectivity index (χ0n) is 4.71. The first-order valence-corrected chi connectivity index (χ1v) is 1.69. The van der Waals surface area contributed by atoms with Gasteiger partial charge >= 0.3 is 12.1 Å². The van der Waals surface area contributed by atoms with Crippen LogP contribution in [0.2, 0.25) is 0 Å². The fourth-order valence-corrected chi connectivity index (χ4v) is 0. The van der Waals surface area contributed by atoms with Crippen molar-refractivity contribution in [1.29, 1.82) is 0 Å². The second-order valence-electron chi connectivity index (χ2n) is 1.39. The van der Waals surface area contributed by atoms with Gasteiger partial charge in [0.25, 0.3) is 0 Å². The molecule has 0 aromatic carbocycles. The molecule has 66 valence electrons. The quantitative estimate of drug-likeness (QED) is 0.535. The Morgan fingerprint density at radius 1 is 0.800 bits per heavy atom. The molecule has 0 fully saturated rings. The smallest absolute Gasteiger partial charge is 0.197 e. The van der Waals surface area contributed by atoms with Gasteiger partial charge in [0, 0.05) is 6.92 Å². The molecule has 0 saturated carbocycles. The lowest BCUT2D eigenvalue weighted by Crippen LogP contribution is -2.32. The van der Waals surface area contributed by atoms with E-state index in [4.69, 9.17) is 0 Å². The van der Waals surface area contributed by atoms with Crippen LogP contribution in [0, 0.1) is 0 Å². The molecule has 0 aliphatic rings. The minimum Gasteiger partial charge on any atom is -0.197 e. The van der Waals surface area contributed by atoms with Gasteiger partial charge in [0.15, 0.2) is 0 Å². The molecular weight excluding hydrogens is 202 g/mol. The van der Waals surface area contributed by atoms with Gasteiger partial charge in [0.05, 0.1) is 0 Å². The highest BCUT2D eigenvalue weighted by molar-refractivity contribution is 5.85. The Morgan fingerprint density at radius 2 is 0.900 bits per heavy atom. The Morgan fingerprint density at radius 3 is 0.900 bits per heavy atom. The van der Waals surface area contributed by atoms with Gasteiger partial charge in [-0.25, -0.2) is 0 Å². The highest BCUT2D eigenvalue weighted by Crippen LogP contribution is 2.34. The Labute approximate surface area is 66.6 Å². The van der Waals surface area contributed by atoms with Crippen molar-refractivity contribution in [1.82, 2.24) is 0 Å². The van der Waals surface area contributed by atoms with Crippen molar-refractivity contribution in [2.75, 3.05) is 0 Å². The maximum Gasteiger partial charge on any atom is 0.452 e. The molecular formula is C3H5Cl2F5. The van der Waals surface area contributed by atoms with Gasteiger partial charge in [-0.2, -0.15) is 22.0 Å². The molecule has 0 N–H and O–H groups in total. The van der Waals surface area contributed by atoms with Crippen molar-refractivity contribution < 1.29 is 22.0 Å². The fraction of sp³-hybridized carbons (Fsp3) is 1.00. The summed E-state index contributed by atoms with van der Waals surface area (Å²) >= 11 is 0. The van der Waals surface area contributed by atoms with E-state index in [0.29, 0.717) is 0 Å². The predicted octanol–water partition coefficient (Wildman–Crippen LogP) is 3.05. The number of hydrogen-bond acceptors (Lipinski definition) is 0. The first-order valence-electron chi connectivity index (χ1n) is 1.69. The van der Waals surface area contributed by atoms with E-state index in [1.54, 1.807) is 0 Å². The number of alkyl halides is 5. The second-order valence-corrected chi connectivity index (χ2v) is 1.39. The Bertz CT molecular complexity index is 69.9. The van der Waals surface area contributed by atoms with E-state index in [9.17, 15) is 22.0 Å². The van der Waals surface area contributed by atoms with Crippen molar-refractivity contribution in [3.05, 3.63) is 0 Å². The van der Waals surface area contributed by atoms with Gasteiger partial charge in [-0.1, -0.05) is 0 Å². The number of halogens is 7. The van der Waals surface area contributed by atoms with Crippen LogP contribution in [0.1, 0.15) is 6.92 Å². The van der Waals surface area contributed by atoms with Gasteiger partial charge in [-0.05, 0) is 0 Å². The SMILES string of the molecule is CC(F)(F)C(F)(F)F.Cl.Cl.